The van der Waals surface area contributed by atoms with Crippen LogP contribution in [0.25, 0.3) is 0 Å². The van der Waals surface area contributed by atoms with E-state index in [0.717, 1.165) is 30.6 Å². The van der Waals surface area contributed by atoms with E-state index in [1.165, 1.54) is 0 Å². The highest BCUT2D eigenvalue weighted by molar-refractivity contribution is 5.50. The molecule has 1 aliphatic heterocycles. The van der Waals surface area contributed by atoms with Crippen molar-refractivity contribution in [2.45, 2.75) is 6.42 Å². The van der Waals surface area contributed by atoms with Crippen molar-refractivity contribution in [1.82, 2.24) is 5.32 Å². The summed E-state index contributed by atoms with van der Waals surface area (Å²) in [4.78, 5) is 0. The first kappa shape index (κ1) is 8.88. The van der Waals surface area contributed by atoms with Crippen LogP contribution in [-0.2, 0) is 0 Å². The Morgan fingerprint density at radius 1 is 1.00 bits per heavy atom. The minimum Gasteiger partial charge on any atom is -0.305 e. The molecule has 1 heteroatoms. The van der Waals surface area contributed by atoms with Crippen LogP contribution >= 0.6 is 0 Å². The van der Waals surface area contributed by atoms with Crippen molar-refractivity contribution >= 4 is 0 Å². The van der Waals surface area contributed by atoms with Gasteiger partial charge in [0, 0.05) is 24.1 Å². The Bertz CT molecular complexity index is 395. The van der Waals surface area contributed by atoms with Crippen molar-refractivity contribution in [2.75, 3.05) is 13.1 Å². The summed E-state index contributed by atoms with van der Waals surface area (Å²) >= 11 is 0. The molecule has 1 aromatic rings. The van der Waals surface area contributed by atoms with E-state index in [1.54, 1.807) is 0 Å². The average molecular weight is 181 g/mol. The Kier molecular flexibility index (Phi) is 2.86. The molecule has 2 rings (SSSR count). The highest BCUT2D eigenvalue weighted by Gasteiger charge is 1.94. The Balaban J connectivity index is 2.41. The summed E-state index contributed by atoms with van der Waals surface area (Å²) in [5.74, 6) is 12.5. The Hall–Kier alpha value is -1.70. The first-order chi connectivity index (χ1) is 6.97. The summed E-state index contributed by atoms with van der Waals surface area (Å²) in [5.41, 5.74) is 2.07. The third-order valence-electron chi connectivity index (χ3n) is 2.01. The Morgan fingerprint density at radius 2 is 1.71 bits per heavy atom. The van der Waals surface area contributed by atoms with E-state index in [9.17, 15) is 0 Å². The molecule has 0 aliphatic carbocycles. The second-order valence-electron chi connectivity index (χ2n) is 3.08. The third-order valence-corrected chi connectivity index (χ3v) is 2.01. The standard InChI is InChI=1S/C13H11N/c1-2-7-13-9-5-11-14-10-4-3-8-12(13)6-1/h1-2,6-7,14H,4,10-11H2. The number of hydrogen-bond donors (Lipinski definition) is 1. The largest absolute Gasteiger partial charge is 0.305 e. The van der Waals surface area contributed by atoms with Gasteiger partial charge in [-0.1, -0.05) is 35.8 Å². The first-order valence-electron chi connectivity index (χ1n) is 4.74. The Labute approximate surface area is 84.5 Å². The van der Waals surface area contributed by atoms with Crippen LogP contribution in [-0.4, -0.2) is 13.1 Å². The van der Waals surface area contributed by atoms with Gasteiger partial charge in [0.2, 0.25) is 0 Å². The fourth-order valence-electron chi connectivity index (χ4n) is 1.30. The molecule has 14 heavy (non-hydrogen) atoms. The number of fused-ring (bicyclic) bond motifs is 1. The van der Waals surface area contributed by atoms with Gasteiger partial charge in [0.05, 0.1) is 6.54 Å². The lowest BCUT2D eigenvalue weighted by molar-refractivity contribution is 0.774. The quantitative estimate of drug-likeness (QED) is 0.596. The van der Waals surface area contributed by atoms with Crippen molar-refractivity contribution in [3.63, 3.8) is 0 Å². The van der Waals surface area contributed by atoms with Crippen LogP contribution in [0.1, 0.15) is 17.5 Å². The zero-order valence-corrected chi connectivity index (χ0v) is 7.93. The van der Waals surface area contributed by atoms with E-state index in [1.807, 2.05) is 24.3 Å². The second-order valence-corrected chi connectivity index (χ2v) is 3.08. The van der Waals surface area contributed by atoms with Crippen LogP contribution in [0.2, 0.25) is 0 Å². The highest BCUT2D eigenvalue weighted by atomic mass is 14.8. The summed E-state index contributed by atoms with van der Waals surface area (Å²) in [6.07, 6.45) is 0.885. The molecule has 0 saturated heterocycles. The van der Waals surface area contributed by atoms with Crippen LogP contribution in [0, 0.1) is 23.7 Å². The van der Waals surface area contributed by atoms with Crippen LogP contribution in [0.4, 0.5) is 0 Å². The zero-order chi connectivity index (χ0) is 9.64. The average Bonchev–Trinajstić information content (AvgIpc) is 2.25. The molecule has 0 unspecified atom stereocenters. The SMILES string of the molecule is C1#Cc2ccccc2C#CCNCC1. The van der Waals surface area contributed by atoms with Crippen LogP contribution in [0.5, 0.6) is 0 Å². The minimum absolute atomic E-state index is 0.746. The fraction of sp³-hybridized carbons (Fsp3) is 0.231. The topological polar surface area (TPSA) is 12.0 Å². The van der Waals surface area contributed by atoms with Gasteiger partial charge in [0.1, 0.15) is 0 Å². The lowest BCUT2D eigenvalue weighted by Gasteiger charge is -1.98. The molecule has 0 radical (unpaired) electrons. The molecule has 0 amide bonds. The van der Waals surface area contributed by atoms with Crippen LogP contribution in [0.3, 0.4) is 0 Å². The van der Waals surface area contributed by atoms with Crippen LogP contribution in [0.15, 0.2) is 24.3 Å². The van der Waals surface area contributed by atoms with Crippen molar-refractivity contribution in [3.05, 3.63) is 35.4 Å². The third kappa shape index (κ3) is 2.16. The maximum absolute atomic E-state index is 3.21. The van der Waals surface area contributed by atoms with Crippen molar-refractivity contribution in [2.24, 2.45) is 0 Å². The molecule has 1 aliphatic rings. The van der Waals surface area contributed by atoms with Crippen molar-refractivity contribution in [3.8, 4) is 23.7 Å². The lowest BCUT2D eigenvalue weighted by Crippen LogP contribution is -2.15. The summed E-state index contributed by atoms with van der Waals surface area (Å²) in [6.45, 7) is 1.67. The molecular weight excluding hydrogens is 170 g/mol. The molecule has 1 heterocycles. The number of rotatable bonds is 0. The molecule has 1 N–H and O–H groups in total. The van der Waals surface area contributed by atoms with E-state index in [4.69, 9.17) is 0 Å². The van der Waals surface area contributed by atoms with Crippen molar-refractivity contribution < 1.29 is 0 Å². The number of benzene rings is 1. The molecule has 1 nitrogen and oxygen atoms in total. The van der Waals surface area contributed by atoms with Gasteiger partial charge in [0.25, 0.3) is 0 Å². The van der Waals surface area contributed by atoms with Gasteiger partial charge < -0.3 is 5.32 Å². The second kappa shape index (κ2) is 4.51. The highest BCUT2D eigenvalue weighted by Crippen LogP contribution is 2.05. The van der Waals surface area contributed by atoms with Gasteiger partial charge >= 0.3 is 0 Å². The number of nitrogens with one attached hydrogen (secondary N) is 1. The molecule has 0 fully saturated rings. The molecule has 0 bridgehead atoms. The first-order valence-corrected chi connectivity index (χ1v) is 4.74. The molecule has 0 aromatic heterocycles. The Morgan fingerprint density at radius 3 is 2.50 bits per heavy atom. The number of hydrogen-bond acceptors (Lipinski definition) is 1. The van der Waals surface area contributed by atoms with E-state index in [-0.39, 0.29) is 0 Å². The maximum atomic E-state index is 3.21. The summed E-state index contributed by atoms with van der Waals surface area (Å²) < 4.78 is 0. The van der Waals surface area contributed by atoms with E-state index < -0.39 is 0 Å². The molecule has 0 saturated carbocycles. The molecular formula is C13H11N. The van der Waals surface area contributed by atoms with E-state index in [0.29, 0.717) is 0 Å². The van der Waals surface area contributed by atoms with Gasteiger partial charge in [-0.2, -0.15) is 0 Å². The predicted molar refractivity (Wildman–Crippen MR) is 57.7 cm³/mol. The molecule has 1 aromatic carbocycles. The maximum Gasteiger partial charge on any atom is 0.0580 e. The van der Waals surface area contributed by atoms with Gasteiger partial charge in [-0.3, -0.25) is 0 Å². The van der Waals surface area contributed by atoms with E-state index >= 15 is 0 Å². The van der Waals surface area contributed by atoms with E-state index in [2.05, 4.69) is 29.0 Å². The van der Waals surface area contributed by atoms with Gasteiger partial charge in [-0.25, -0.2) is 0 Å². The summed E-state index contributed by atoms with van der Waals surface area (Å²) in [6, 6.07) is 8.03. The molecule has 68 valence electrons. The van der Waals surface area contributed by atoms with Gasteiger partial charge in [-0.05, 0) is 12.1 Å². The predicted octanol–water partition coefficient (Wildman–Crippen LogP) is 1.38. The smallest absolute Gasteiger partial charge is 0.0580 e. The normalized spacial score (nSPS) is 14.0. The minimum atomic E-state index is 0.746. The lowest BCUT2D eigenvalue weighted by atomic mass is 10.1. The summed E-state index contributed by atoms with van der Waals surface area (Å²) in [7, 11) is 0. The van der Waals surface area contributed by atoms with Crippen LogP contribution < -0.4 is 5.32 Å². The van der Waals surface area contributed by atoms with Crippen molar-refractivity contribution in [1.29, 1.82) is 0 Å². The summed E-state index contributed by atoms with van der Waals surface area (Å²) in [5, 5.41) is 3.21. The van der Waals surface area contributed by atoms with Gasteiger partial charge in [-0.15, -0.1) is 0 Å². The fourth-order valence-corrected chi connectivity index (χ4v) is 1.30. The molecule has 0 spiro atoms. The van der Waals surface area contributed by atoms with Gasteiger partial charge in [0.15, 0.2) is 0 Å². The monoisotopic (exact) mass is 181 g/mol. The zero-order valence-electron chi connectivity index (χ0n) is 7.93. The molecule has 0 atom stereocenters.